The Bertz CT molecular complexity index is 485. The van der Waals surface area contributed by atoms with Crippen LogP contribution >= 0.6 is 15.9 Å². The van der Waals surface area contributed by atoms with Gasteiger partial charge in [-0.15, -0.1) is 0 Å². The lowest BCUT2D eigenvalue weighted by Gasteiger charge is -2.05. The third-order valence-corrected chi connectivity index (χ3v) is 3.24. The molecule has 0 aliphatic carbocycles. The number of nitrogens with one attached hydrogen (secondary N) is 2. The molecule has 96 valence electrons. The van der Waals surface area contributed by atoms with Gasteiger partial charge >= 0.3 is 0 Å². The van der Waals surface area contributed by atoms with Crippen LogP contribution in [0.4, 0.5) is 4.39 Å². The number of halogens is 2. The van der Waals surface area contributed by atoms with E-state index in [0.29, 0.717) is 4.47 Å². The highest BCUT2D eigenvalue weighted by molar-refractivity contribution is 9.10. The number of hydrogen-bond donors (Lipinski definition) is 2. The number of aromatic amines is 1. The van der Waals surface area contributed by atoms with Crippen molar-refractivity contribution in [3.8, 4) is 0 Å². The summed E-state index contributed by atoms with van der Waals surface area (Å²) in [6, 6.07) is 5.07. The van der Waals surface area contributed by atoms with E-state index < -0.39 is 0 Å². The zero-order chi connectivity index (χ0) is 12.8. The van der Waals surface area contributed by atoms with Crippen LogP contribution in [0.3, 0.4) is 0 Å². The fourth-order valence-corrected chi connectivity index (χ4v) is 2.12. The van der Waals surface area contributed by atoms with Gasteiger partial charge in [0, 0.05) is 25.4 Å². The highest BCUT2D eigenvalue weighted by Crippen LogP contribution is 2.16. The molecule has 0 spiro atoms. The molecule has 0 saturated heterocycles. The van der Waals surface area contributed by atoms with Crippen LogP contribution in [0.5, 0.6) is 0 Å². The highest BCUT2D eigenvalue weighted by atomic mass is 79.9. The quantitative estimate of drug-likeness (QED) is 0.805. The number of aromatic nitrogens is 2. The topological polar surface area (TPSA) is 40.7 Å². The van der Waals surface area contributed by atoms with E-state index in [9.17, 15) is 4.39 Å². The summed E-state index contributed by atoms with van der Waals surface area (Å²) in [6.45, 7) is 1.66. The Kier molecular flexibility index (Phi) is 4.90. The molecule has 0 aliphatic heterocycles. The molecule has 0 radical (unpaired) electrons. The summed E-state index contributed by atoms with van der Waals surface area (Å²) >= 11 is 3.18. The maximum Gasteiger partial charge on any atom is 0.137 e. The zero-order valence-corrected chi connectivity index (χ0v) is 11.5. The van der Waals surface area contributed by atoms with Gasteiger partial charge in [-0.2, -0.15) is 0 Å². The van der Waals surface area contributed by atoms with E-state index in [4.69, 9.17) is 0 Å². The standard InChI is InChI=1S/C13H15BrFN3/c14-11-8-10(3-4-12(11)15)9-16-5-1-2-13-17-6-7-18-13/h3-4,6-8,16H,1-2,5,9H2,(H,17,18). The van der Waals surface area contributed by atoms with Crippen LogP contribution in [0.15, 0.2) is 35.1 Å². The Morgan fingerprint density at radius 3 is 3.00 bits per heavy atom. The molecule has 1 heterocycles. The normalized spacial score (nSPS) is 10.8. The molecule has 1 aromatic carbocycles. The average Bonchev–Trinajstić information content (AvgIpc) is 2.86. The maximum atomic E-state index is 13.0. The highest BCUT2D eigenvalue weighted by Gasteiger charge is 2.00. The minimum absolute atomic E-state index is 0.225. The van der Waals surface area contributed by atoms with Crippen molar-refractivity contribution < 1.29 is 4.39 Å². The Morgan fingerprint density at radius 1 is 1.39 bits per heavy atom. The second-order valence-electron chi connectivity index (χ2n) is 4.06. The fraction of sp³-hybridized carbons (Fsp3) is 0.308. The van der Waals surface area contributed by atoms with Crippen molar-refractivity contribution in [2.75, 3.05) is 6.54 Å². The summed E-state index contributed by atoms with van der Waals surface area (Å²) in [5.74, 6) is 0.790. The summed E-state index contributed by atoms with van der Waals surface area (Å²) in [4.78, 5) is 7.23. The summed E-state index contributed by atoms with van der Waals surface area (Å²) in [7, 11) is 0. The SMILES string of the molecule is Fc1ccc(CNCCCc2ncc[nH]2)cc1Br. The van der Waals surface area contributed by atoms with Gasteiger partial charge in [0.2, 0.25) is 0 Å². The zero-order valence-electron chi connectivity index (χ0n) is 9.92. The molecule has 3 nitrogen and oxygen atoms in total. The summed E-state index contributed by atoms with van der Waals surface area (Å²) < 4.78 is 13.5. The largest absolute Gasteiger partial charge is 0.349 e. The van der Waals surface area contributed by atoms with Crippen LogP contribution in [-0.4, -0.2) is 16.5 Å². The first-order chi connectivity index (χ1) is 8.75. The van der Waals surface area contributed by atoms with Gasteiger partial charge in [0.15, 0.2) is 0 Å². The van der Waals surface area contributed by atoms with Crippen molar-refractivity contribution >= 4 is 15.9 Å². The number of hydrogen-bond acceptors (Lipinski definition) is 2. The molecule has 0 saturated carbocycles. The predicted molar refractivity (Wildman–Crippen MR) is 72.7 cm³/mol. The monoisotopic (exact) mass is 311 g/mol. The van der Waals surface area contributed by atoms with Crippen molar-refractivity contribution in [1.29, 1.82) is 0 Å². The number of aryl methyl sites for hydroxylation is 1. The molecular weight excluding hydrogens is 297 g/mol. The summed E-state index contributed by atoms with van der Waals surface area (Å²) in [5, 5.41) is 3.33. The number of benzene rings is 1. The van der Waals surface area contributed by atoms with Gasteiger partial charge in [0.1, 0.15) is 11.6 Å². The van der Waals surface area contributed by atoms with Crippen LogP contribution in [0.1, 0.15) is 17.8 Å². The fourth-order valence-electron chi connectivity index (χ4n) is 1.70. The summed E-state index contributed by atoms with van der Waals surface area (Å²) in [6.07, 6.45) is 5.56. The second kappa shape index (κ2) is 6.66. The van der Waals surface area contributed by atoms with Gasteiger partial charge in [-0.3, -0.25) is 0 Å². The Labute approximate surface area is 114 Å². The van der Waals surface area contributed by atoms with Crippen LogP contribution in [-0.2, 0) is 13.0 Å². The van der Waals surface area contributed by atoms with E-state index in [1.165, 1.54) is 6.07 Å². The van der Waals surface area contributed by atoms with E-state index in [0.717, 1.165) is 37.3 Å². The first kappa shape index (κ1) is 13.2. The Morgan fingerprint density at radius 2 is 2.28 bits per heavy atom. The van der Waals surface area contributed by atoms with E-state index in [1.54, 1.807) is 18.3 Å². The first-order valence-corrected chi connectivity index (χ1v) is 6.68. The van der Waals surface area contributed by atoms with Crippen molar-refractivity contribution in [1.82, 2.24) is 15.3 Å². The van der Waals surface area contributed by atoms with Gasteiger partial charge in [0.05, 0.1) is 4.47 Å². The van der Waals surface area contributed by atoms with Crippen LogP contribution in [0, 0.1) is 5.82 Å². The van der Waals surface area contributed by atoms with E-state index in [2.05, 4.69) is 31.2 Å². The smallest absolute Gasteiger partial charge is 0.137 e. The number of nitrogens with zero attached hydrogens (tertiary/aromatic N) is 1. The molecule has 0 unspecified atom stereocenters. The van der Waals surface area contributed by atoms with Crippen molar-refractivity contribution in [2.45, 2.75) is 19.4 Å². The predicted octanol–water partition coefficient (Wildman–Crippen LogP) is 3.03. The van der Waals surface area contributed by atoms with Crippen LogP contribution < -0.4 is 5.32 Å². The summed E-state index contributed by atoms with van der Waals surface area (Å²) in [5.41, 5.74) is 1.07. The lowest BCUT2D eigenvalue weighted by Crippen LogP contribution is -2.15. The molecule has 5 heteroatoms. The second-order valence-corrected chi connectivity index (χ2v) is 4.92. The van der Waals surface area contributed by atoms with Gasteiger partial charge in [-0.1, -0.05) is 6.07 Å². The molecule has 1 aromatic heterocycles. The minimum atomic E-state index is -0.225. The van der Waals surface area contributed by atoms with Gasteiger partial charge in [0.25, 0.3) is 0 Å². The molecule has 0 fully saturated rings. The van der Waals surface area contributed by atoms with Gasteiger partial charge in [-0.25, -0.2) is 9.37 Å². The minimum Gasteiger partial charge on any atom is -0.349 e. The average molecular weight is 312 g/mol. The third kappa shape index (κ3) is 3.92. The Hall–Kier alpha value is -1.20. The van der Waals surface area contributed by atoms with E-state index in [1.807, 2.05) is 6.20 Å². The lowest BCUT2D eigenvalue weighted by atomic mass is 10.2. The molecule has 2 rings (SSSR count). The van der Waals surface area contributed by atoms with Crippen LogP contribution in [0.2, 0.25) is 0 Å². The molecule has 0 bridgehead atoms. The molecule has 0 atom stereocenters. The molecular formula is C13H15BrFN3. The van der Waals surface area contributed by atoms with Gasteiger partial charge < -0.3 is 10.3 Å². The maximum absolute atomic E-state index is 13.0. The first-order valence-electron chi connectivity index (χ1n) is 5.88. The Balaban J connectivity index is 1.67. The van der Waals surface area contributed by atoms with E-state index >= 15 is 0 Å². The number of H-pyrrole nitrogens is 1. The third-order valence-electron chi connectivity index (χ3n) is 2.64. The lowest BCUT2D eigenvalue weighted by molar-refractivity contribution is 0.615. The molecule has 0 aliphatic rings. The van der Waals surface area contributed by atoms with Crippen molar-refractivity contribution in [2.24, 2.45) is 0 Å². The molecule has 18 heavy (non-hydrogen) atoms. The number of imidazole rings is 1. The molecule has 2 aromatic rings. The molecule has 0 amide bonds. The van der Waals surface area contributed by atoms with Gasteiger partial charge in [-0.05, 0) is 46.6 Å². The van der Waals surface area contributed by atoms with Crippen molar-refractivity contribution in [3.05, 3.63) is 52.3 Å². The number of rotatable bonds is 6. The molecule has 2 N–H and O–H groups in total. The van der Waals surface area contributed by atoms with E-state index in [-0.39, 0.29) is 5.82 Å². The van der Waals surface area contributed by atoms with Crippen LogP contribution in [0.25, 0.3) is 0 Å². The van der Waals surface area contributed by atoms with Crippen molar-refractivity contribution in [3.63, 3.8) is 0 Å².